The number of nitrogens with one attached hydrogen (secondary N) is 1. The van der Waals surface area contributed by atoms with Gasteiger partial charge in [-0.15, -0.1) is 10.2 Å². The number of methoxy groups -OCH3 is 2. The van der Waals surface area contributed by atoms with Crippen molar-refractivity contribution in [1.82, 2.24) is 19.6 Å². The number of anilines is 2. The number of ether oxygens (including phenoxy) is 2. The number of fused-ring (bicyclic) bond motifs is 6. The molecule has 0 amide bonds. The van der Waals surface area contributed by atoms with Crippen molar-refractivity contribution in [2.45, 2.75) is 9.92 Å². The third-order valence-corrected chi connectivity index (χ3v) is 5.19. The second-order valence-electron chi connectivity index (χ2n) is 5.52. The van der Waals surface area contributed by atoms with Crippen molar-refractivity contribution in [1.29, 1.82) is 0 Å². The van der Waals surface area contributed by atoms with Gasteiger partial charge >= 0.3 is 0 Å². The normalized spacial score (nSPS) is 12.6. The molecule has 0 aliphatic carbocycles. The maximum atomic E-state index is 5.44. The summed E-state index contributed by atoms with van der Waals surface area (Å²) in [6, 6.07) is 11.9. The van der Waals surface area contributed by atoms with Crippen molar-refractivity contribution in [2.75, 3.05) is 19.5 Å². The molecule has 0 atom stereocenters. The molecule has 0 radical (unpaired) electrons. The Morgan fingerprint density at radius 3 is 2.68 bits per heavy atom. The standard InChI is InChI=1S/C17H13N5O2S/c1-23-12-7-10-11(8-13(12)24-2)22-15-16(20-21-17(22)19-10)25-14-6-4-3-5-9(14)18-15/h3-8,18H,1-2H3. The summed E-state index contributed by atoms with van der Waals surface area (Å²) in [5, 5.41) is 12.9. The van der Waals surface area contributed by atoms with Crippen LogP contribution >= 0.6 is 11.8 Å². The number of aromatic nitrogens is 4. The highest BCUT2D eigenvalue weighted by atomic mass is 32.2. The maximum absolute atomic E-state index is 5.44. The zero-order valence-corrected chi connectivity index (χ0v) is 14.3. The molecule has 1 aliphatic heterocycles. The molecule has 1 N–H and O–H groups in total. The number of para-hydroxylation sites is 1. The maximum Gasteiger partial charge on any atom is 0.256 e. The fraction of sp³-hybridized carbons (Fsp3) is 0.118. The van der Waals surface area contributed by atoms with Crippen LogP contribution in [0.1, 0.15) is 0 Å². The number of nitrogens with zero attached hydrogens (tertiary/aromatic N) is 4. The second kappa shape index (κ2) is 5.25. The van der Waals surface area contributed by atoms with Gasteiger partial charge < -0.3 is 14.8 Å². The van der Waals surface area contributed by atoms with Gasteiger partial charge in [0.15, 0.2) is 22.3 Å². The van der Waals surface area contributed by atoms with Crippen molar-refractivity contribution >= 4 is 40.1 Å². The number of imidazole rings is 1. The molecule has 3 heterocycles. The molecular weight excluding hydrogens is 338 g/mol. The zero-order valence-electron chi connectivity index (χ0n) is 13.5. The summed E-state index contributed by atoms with van der Waals surface area (Å²) >= 11 is 1.59. The van der Waals surface area contributed by atoms with Crippen LogP contribution in [0.25, 0.3) is 16.8 Å². The van der Waals surface area contributed by atoms with E-state index < -0.39 is 0 Å². The van der Waals surface area contributed by atoms with E-state index in [0.29, 0.717) is 17.3 Å². The summed E-state index contributed by atoms with van der Waals surface area (Å²) in [7, 11) is 3.23. The van der Waals surface area contributed by atoms with E-state index >= 15 is 0 Å². The van der Waals surface area contributed by atoms with E-state index in [1.807, 2.05) is 34.7 Å². The average Bonchev–Trinajstić information content (AvgIpc) is 3.03. The molecule has 0 spiro atoms. The summed E-state index contributed by atoms with van der Waals surface area (Å²) in [4.78, 5) is 5.69. The van der Waals surface area contributed by atoms with Gasteiger partial charge in [-0.2, -0.15) is 0 Å². The van der Waals surface area contributed by atoms with Gasteiger partial charge in [-0.3, -0.25) is 4.40 Å². The van der Waals surface area contributed by atoms with Crippen LogP contribution in [0.5, 0.6) is 11.5 Å². The summed E-state index contributed by atoms with van der Waals surface area (Å²) in [5.41, 5.74) is 2.69. The molecule has 124 valence electrons. The minimum absolute atomic E-state index is 0.525. The highest BCUT2D eigenvalue weighted by Crippen LogP contribution is 2.43. The van der Waals surface area contributed by atoms with E-state index in [1.165, 1.54) is 0 Å². The average molecular weight is 351 g/mol. The van der Waals surface area contributed by atoms with Gasteiger partial charge in [0.25, 0.3) is 5.78 Å². The third kappa shape index (κ3) is 2.04. The van der Waals surface area contributed by atoms with Crippen LogP contribution in [0, 0.1) is 0 Å². The molecule has 2 aromatic heterocycles. The lowest BCUT2D eigenvalue weighted by Crippen LogP contribution is -2.08. The van der Waals surface area contributed by atoms with Crippen LogP contribution in [0.4, 0.5) is 11.5 Å². The first-order chi connectivity index (χ1) is 12.3. The van der Waals surface area contributed by atoms with Crippen molar-refractivity contribution in [2.24, 2.45) is 0 Å². The number of hydrogen-bond acceptors (Lipinski definition) is 7. The van der Waals surface area contributed by atoms with Gasteiger partial charge in [0.1, 0.15) is 0 Å². The quantitative estimate of drug-likeness (QED) is 0.522. The summed E-state index contributed by atoms with van der Waals surface area (Å²) in [6.07, 6.45) is 0. The van der Waals surface area contributed by atoms with E-state index in [0.717, 1.165) is 32.5 Å². The topological polar surface area (TPSA) is 73.6 Å². The number of benzene rings is 2. The van der Waals surface area contributed by atoms with Gasteiger partial charge in [-0.1, -0.05) is 23.9 Å². The fourth-order valence-corrected chi connectivity index (χ4v) is 3.89. The first-order valence-corrected chi connectivity index (χ1v) is 8.45. The first kappa shape index (κ1) is 14.4. The summed E-state index contributed by atoms with van der Waals surface area (Å²) < 4.78 is 12.8. The molecule has 2 aromatic carbocycles. The minimum atomic E-state index is 0.525. The monoisotopic (exact) mass is 351 g/mol. The summed E-state index contributed by atoms with van der Waals surface area (Å²) in [6.45, 7) is 0. The highest BCUT2D eigenvalue weighted by molar-refractivity contribution is 7.99. The lowest BCUT2D eigenvalue weighted by molar-refractivity contribution is 0.355. The molecule has 0 saturated heterocycles. The van der Waals surface area contributed by atoms with Gasteiger partial charge in [0.05, 0.1) is 30.9 Å². The molecule has 5 rings (SSSR count). The number of hydrogen-bond donors (Lipinski definition) is 1. The molecule has 7 nitrogen and oxygen atoms in total. The van der Waals surface area contributed by atoms with Crippen molar-refractivity contribution in [3.05, 3.63) is 36.4 Å². The Kier molecular flexibility index (Phi) is 3.01. The van der Waals surface area contributed by atoms with Crippen molar-refractivity contribution in [3.8, 4) is 11.5 Å². The Labute approximate surface area is 147 Å². The molecule has 0 unspecified atom stereocenters. The Morgan fingerprint density at radius 1 is 1.04 bits per heavy atom. The highest BCUT2D eigenvalue weighted by Gasteiger charge is 2.23. The molecule has 8 heteroatoms. The molecule has 4 aromatic rings. The fourth-order valence-electron chi connectivity index (χ4n) is 2.98. The third-order valence-electron chi connectivity index (χ3n) is 4.15. The predicted molar refractivity (Wildman–Crippen MR) is 95.2 cm³/mol. The first-order valence-electron chi connectivity index (χ1n) is 7.63. The Morgan fingerprint density at radius 2 is 1.84 bits per heavy atom. The molecule has 0 bridgehead atoms. The molecule has 1 aliphatic rings. The Hall–Kier alpha value is -3.00. The van der Waals surface area contributed by atoms with Crippen molar-refractivity contribution < 1.29 is 9.47 Å². The minimum Gasteiger partial charge on any atom is -0.493 e. The van der Waals surface area contributed by atoms with Crippen LogP contribution in [0.3, 0.4) is 0 Å². The van der Waals surface area contributed by atoms with Gasteiger partial charge in [0.2, 0.25) is 0 Å². The second-order valence-corrected chi connectivity index (χ2v) is 6.55. The van der Waals surface area contributed by atoms with Crippen LogP contribution in [0.2, 0.25) is 0 Å². The largest absolute Gasteiger partial charge is 0.493 e. The van der Waals surface area contributed by atoms with Crippen LogP contribution in [-0.4, -0.2) is 33.8 Å². The predicted octanol–water partition coefficient (Wildman–Crippen LogP) is 3.50. The van der Waals surface area contributed by atoms with E-state index in [1.54, 1.807) is 26.0 Å². The molecule has 25 heavy (non-hydrogen) atoms. The smallest absolute Gasteiger partial charge is 0.256 e. The number of rotatable bonds is 2. The van der Waals surface area contributed by atoms with Crippen LogP contribution < -0.4 is 14.8 Å². The van der Waals surface area contributed by atoms with Crippen LogP contribution in [0.15, 0.2) is 46.3 Å². The van der Waals surface area contributed by atoms with Crippen LogP contribution in [-0.2, 0) is 0 Å². The molecule has 0 fully saturated rings. The summed E-state index contributed by atoms with van der Waals surface area (Å²) in [5.74, 6) is 2.65. The molecule has 0 saturated carbocycles. The van der Waals surface area contributed by atoms with E-state index in [2.05, 4.69) is 26.6 Å². The Balaban J connectivity index is 1.81. The lowest BCUT2D eigenvalue weighted by Gasteiger charge is -2.20. The zero-order chi connectivity index (χ0) is 17.0. The SMILES string of the molecule is COc1cc2nc3nnc4c(n3c2cc1OC)Nc1ccccc1S4. The van der Waals surface area contributed by atoms with Gasteiger partial charge in [-0.05, 0) is 12.1 Å². The van der Waals surface area contributed by atoms with E-state index in [4.69, 9.17) is 9.47 Å². The molecular formula is C17H13N5O2S. The van der Waals surface area contributed by atoms with E-state index in [9.17, 15) is 0 Å². The lowest BCUT2D eigenvalue weighted by atomic mass is 10.2. The van der Waals surface area contributed by atoms with E-state index in [-0.39, 0.29) is 0 Å². The van der Waals surface area contributed by atoms with Gasteiger partial charge in [0, 0.05) is 17.0 Å². The van der Waals surface area contributed by atoms with Crippen molar-refractivity contribution in [3.63, 3.8) is 0 Å². The van der Waals surface area contributed by atoms with Gasteiger partial charge in [-0.25, -0.2) is 4.98 Å². The Bertz CT molecular complexity index is 1140.